The Balaban J connectivity index is 1.52. The van der Waals surface area contributed by atoms with E-state index in [1.807, 2.05) is 17.9 Å². The molecule has 2 saturated heterocycles. The van der Waals surface area contributed by atoms with Gasteiger partial charge in [-0.2, -0.15) is 0 Å². The summed E-state index contributed by atoms with van der Waals surface area (Å²) < 4.78 is 5.55. The minimum absolute atomic E-state index is 0.0110. The molecule has 2 aliphatic heterocycles. The number of piperazine rings is 1. The van der Waals surface area contributed by atoms with E-state index in [1.54, 1.807) is 0 Å². The minimum atomic E-state index is 0.0110. The molecule has 3 rings (SSSR count). The van der Waals surface area contributed by atoms with Gasteiger partial charge in [0.05, 0.1) is 6.10 Å². The van der Waals surface area contributed by atoms with E-state index in [0.29, 0.717) is 25.6 Å². The average molecular weight is 347 g/mol. The number of rotatable bonds is 4. The van der Waals surface area contributed by atoms with Crippen LogP contribution in [0, 0.1) is 6.92 Å². The maximum atomic E-state index is 12.3. The van der Waals surface area contributed by atoms with E-state index in [0.717, 1.165) is 49.9 Å². The normalized spacial score (nSPS) is 21.0. The Bertz CT molecular complexity index is 593. The molecule has 7 nitrogen and oxygen atoms in total. The van der Waals surface area contributed by atoms with E-state index in [-0.39, 0.29) is 12.1 Å². The molecule has 2 amide bonds. The fraction of sp³-hybridized carbons (Fsp3) is 0.722. The molecule has 0 aliphatic carbocycles. The lowest BCUT2D eigenvalue weighted by Gasteiger charge is -2.35. The third-order valence-electron chi connectivity index (χ3n) is 4.77. The number of carbonyl (C=O) groups is 1. The first kappa shape index (κ1) is 17.9. The molecule has 1 N–H and O–H groups in total. The van der Waals surface area contributed by atoms with Crippen molar-refractivity contribution in [1.82, 2.24) is 20.2 Å². The van der Waals surface area contributed by atoms with Gasteiger partial charge in [-0.3, -0.25) is 0 Å². The summed E-state index contributed by atoms with van der Waals surface area (Å²) in [4.78, 5) is 25.6. The molecular weight excluding hydrogens is 318 g/mol. The van der Waals surface area contributed by atoms with Crippen LogP contribution in [-0.4, -0.2) is 66.3 Å². The van der Waals surface area contributed by atoms with Crippen LogP contribution in [0.25, 0.3) is 0 Å². The van der Waals surface area contributed by atoms with Crippen molar-refractivity contribution in [3.63, 3.8) is 0 Å². The quantitative estimate of drug-likeness (QED) is 0.901. The number of anilines is 1. The van der Waals surface area contributed by atoms with Gasteiger partial charge in [-0.15, -0.1) is 0 Å². The summed E-state index contributed by atoms with van der Waals surface area (Å²) in [5.41, 5.74) is 0.991. The monoisotopic (exact) mass is 347 g/mol. The summed E-state index contributed by atoms with van der Waals surface area (Å²) in [6.45, 7) is 10.6. The topological polar surface area (TPSA) is 70.6 Å². The predicted molar refractivity (Wildman–Crippen MR) is 97.0 cm³/mol. The molecule has 0 radical (unpaired) electrons. The lowest BCUT2D eigenvalue weighted by Crippen LogP contribution is -2.52. The molecule has 3 heterocycles. The van der Waals surface area contributed by atoms with Crippen molar-refractivity contribution in [3.05, 3.63) is 17.6 Å². The Morgan fingerprint density at radius 3 is 2.72 bits per heavy atom. The Morgan fingerprint density at radius 1 is 1.32 bits per heavy atom. The predicted octanol–water partition coefficient (Wildman–Crippen LogP) is 1.92. The second kappa shape index (κ2) is 7.99. The number of amides is 2. The van der Waals surface area contributed by atoms with Gasteiger partial charge in [-0.1, -0.05) is 13.8 Å². The second-order valence-electron chi connectivity index (χ2n) is 7.18. The first-order valence-corrected chi connectivity index (χ1v) is 9.28. The standard InChI is InChI=1S/C18H29N5O2/c1-13(2)17-20-14(3)11-16(21-17)22-6-8-23(9-7-22)18(24)19-12-15-5-4-10-25-15/h11,13,15H,4-10,12H2,1-3H3,(H,19,24). The molecule has 1 aromatic heterocycles. The highest BCUT2D eigenvalue weighted by molar-refractivity contribution is 5.74. The molecule has 1 unspecified atom stereocenters. The number of nitrogens with zero attached hydrogens (tertiary/aromatic N) is 4. The van der Waals surface area contributed by atoms with Crippen LogP contribution >= 0.6 is 0 Å². The van der Waals surface area contributed by atoms with Gasteiger partial charge < -0.3 is 19.9 Å². The highest BCUT2D eigenvalue weighted by atomic mass is 16.5. The van der Waals surface area contributed by atoms with Crippen LogP contribution in [0.15, 0.2) is 6.07 Å². The molecule has 138 valence electrons. The third kappa shape index (κ3) is 4.60. The number of hydrogen-bond donors (Lipinski definition) is 1. The van der Waals surface area contributed by atoms with Crippen molar-refractivity contribution in [3.8, 4) is 0 Å². The van der Waals surface area contributed by atoms with Crippen LogP contribution in [0.5, 0.6) is 0 Å². The maximum absolute atomic E-state index is 12.3. The fourth-order valence-corrected chi connectivity index (χ4v) is 3.25. The highest BCUT2D eigenvalue weighted by Gasteiger charge is 2.24. The van der Waals surface area contributed by atoms with Crippen LogP contribution in [0.1, 0.15) is 44.1 Å². The zero-order valence-electron chi connectivity index (χ0n) is 15.5. The molecule has 0 bridgehead atoms. The molecule has 2 fully saturated rings. The van der Waals surface area contributed by atoms with Gasteiger partial charge >= 0.3 is 6.03 Å². The number of carbonyl (C=O) groups excluding carboxylic acids is 1. The van der Waals surface area contributed by atoms with Crippen LogP contribution in [0.2, 0.25) is 0 Å². The first-order chi connectivity index (χ1) is 12.0. The number of urea groups is 1. The molecule has 2 aliphatic rings. The molecule has 0 saturated carbocycles. The molecule has 0 spiro atoms. The van der Waals surface area contributed by atoms with Gasteiger partial charge in [0.15, 0.2) is 0 Å². The van der Waals surface area contributed by atoms with Gasteiger partial charge in [0.25, 0.3) is 0 Å². The lowest BCUT2D eigenvalue weighted by atomic mass is 10.2. The molecule has 25 heavy (non-hydrogen) atoms. The van der Waals surface area contributed by atoms with Crippen LogP contribution in [0.4, 0.5) is 10.6 Å². The number of nitrogens with one attached hydrogen (secondary N) is 1. The summed E-state index contributed by atoms with van der Waals surface area (Å²) >= 11 is 0. The number of aryl methyl sites for hydroxylation is 1. The molecular formula is C18H29N5O2. The summed E-state index contributed by atoms with van der Waals surface area (Å²) in [7, 11) is 0. The van der Waals surface area contributed by atoms with E-state index >= 15 is 0 Å². The Labute approximate surface area is 149 Å². The summed E-state index contributed by atoms with van der Waals surface area (Å²) in [5, 5.41) is 3.00. The Hall–Kier alpha value is -1.89. The number of ether oxygens (including phenoxy) is 1. The van der Waals surface area contributed by atoms with Crippen molar-refractivity contribution >= 4 is 11.8 Å². The second-order valence-corrected chi connectivity index (χ2v) is 7.18. The summed E-state index contributed by atoms with van der Waals surface area (Å²) in [6, 6.07) is 2.04. The van der Waals surface area contributed by atoms with Crippen LogP contribution in [0.3, 0.4) is 0 Å². The van der Waals surface area contributed by atoms with E-state index in [9.17, 15) is 4.79 Å². The van der Waals surface area contributed by atoms with Crippen molar-refractivity contribution < 1.29 is 9.53 Å². The van der Waals surface area contributed by atoms with E-state index in [1.165, 1.54) is 0 Å². The fourth-order valence-electron chi connectivity index (χ4n) is 3.25. The molecule has 1 atom stereocenters. The van der Waals surface area contributed by atoms with E-state index in [2.05, 4.69) is 29.0 Å². The third-order valence-corrected chi connectivity index (χ3v) is 4.77. The zero-order chi connectivity index (χ0) is 17.8. The molecule has 7 heteroatoms. The van der Waals surface area contributed by atoms with Crippen molar-refractivity contribution in [2.24, 2.45) is 0 Å². The van der Waals surface area contributed by atoms with Gasteiger partial charge in [0.1, 0.15) is 11.6 Å². The van der Waals surface area contributed by atoms with Crippen molar-refractivity contribution in [2.75, 3.05) is 44.2 Å². The van der Waals surface area contributed by atoms with Gasteiger partial charge in [-0.25, -0.2) is 14.8 Å². The van der Waals surface area contributed by atoms with Crippen LogP contribution < -0.4 is 10.2 Å². The Morgan fingerprint density at radius 2 is 2.08 bits per heavy atom. The van der Waals surface area contributed by atoms with Gasteiger partial charge in [0, 0.05) is 57.0 Å². The molecule has 1 aromatic rings. The van der Waals surface area contributed by atoms with Crippen molar-refractivity contribution in [2.45, 2.75) is 45.6 Å². The maximum Gasteiger partial charge on any atom is 0.317 e. The first-order valence-electron chi connectivity index (χ1n) is 9.28. The van der Waals surface area contributed by atoms with Crippen molar-refractivity contribution in [1.29, 1.82) is 0 Å². The summed E-state index contributed by atoms with van der Waals surface area (Å²) in [5.74, 6) is 2.16. The van der Waals surface area contributed by atoms with Crippen LogP contribution in [-0.2, 0) is 4.74 Å². The SMILES string of the molecule is Cc1cc(N2CCN(C(=O)NCC3CCCO3)CC2)nc(C(C)C)n1. The number of hydrogen-bond acceptors (Lipinski definition) is 5. The smallest absolute Gasteiger partial charge is 0.317 e. The van der Waals surface area contributed by atoms with Gasteiger partial charge in [-0.05, 0) is 19.8 Å². The highest BCUT2D eigenvalue weighted by Crippen LogP contribution is 2.18. The minimum Gasteiger partial charge on any atom is -0.376 e. The average Bonchev–Trinajstić information content (AvgIpc) is 3.13. The lowest BCUT2D eigenvalue weighted by molar-refractivity contribution is 0.108. The Kier molecular flexibility index (Phi) is 5.73. The van der Waals surface area contributed by atoms with E-state index < -0.39 is 0 Å². The largest absolute Gasteiger partial charge is 0.376 e. The molecule has 0 aromatic carbocycles. The van der Waals surface area contributed by atoms with Gasteiger partial charge in [0.2, 0.25) is 0 Å². The zero-order valence-corrected chi connectivity index (χ0v) is 15.5. The summed E-state index contributed by atoms with van der Waals surface area (Å²) in [6.07, 6.45) is 2.32. The van der Waals surface area contributed by atoms with E-state index in [4.69, 9.17) is 9.72 Å². The number of aromatic nitrogens is 2.